The minimum atomic E-state index is 0.445. The molecule has 0 saturated carbocycles. The summed E-state index contributed by atoms with van der Waals surface area (Å²) in [6.45, 7) is 2.83. The Balaban J connectivity index is 1.71. The van der Waals surface area contributed by atoms with E-state index >= 15 is 0 Å². The molecule has 0 aromatic carbocycles. The summed E-state index contributed by atoms with van der Waals surface area (Å²) in [6.07, 6.45) is 5.32. The largest absolute Gasteiger partial charge is 0.381 e. The number of aryl methyl sites for hydroxylation is 1. The van der Waals surface area contributed by atoms with Gasteiger partial charge in [-0.2, -0.15) is 0 Å². The summed E-state index contributed by atoms with van der Waals surface area (Å²) in [4.78, 5) is 2.56. The van der Waals surface area contributed by atoms with Crippen LogP contribution in [0.1, 0.15) is 37.1 Å². The van der Waals surface area contributed by atoms with Crippen LogP contribution in [0.3, 0.4) is 0 Å². The number of hydrogen-bond acceptors (Lipinski definition) is 5. The second kappa shape index (κ2) is 4.38. The van der Waals surface area contributed by atoms with Gasteiger partial charge in [-0.1, -0.05) is 10.3 Å². The van der Waals surface area contributed by atoms with Crippen molar-refractivity contribution >= 4 is 0 Å². The first-order valence-corrected chi connectivity index (χ1v) is 6.34. The van der Waals surface area contributed by atoms with Gasteiger partial charge in [-0.3, -0.25) is 4.90 Å². The summed E-state index contributed by atoms with van der Waals surface area (Å²) < 4.78 is 10.3. The van der Waals surface area contributed by atoms with E-state index in [0.717, 1.165) is 30.8 Å². The standard InChI is InChI=1S/C12H19N3O2/c1-8-12(14-17-13-8)7-15-9-3-4-10(15)6-11(5-9)16-2/h9-11H,3-7H2,1-2H3/t9-,10+,11?. The van der Waals surface area contributed by atoms with Crippen molar-refractivity contribution in [1.82, 2.24) is 15.2 Å². The Hall–Kier alpha value is -0.940. The summed E-state index contributed by atoms with van der Waals surface area (Å²) in [6, 6.07) is 1.30. The van der Waals surface area contributed by atoms with E-state index in [-0.39, 0.29) is 0 Å². The van der Waals surface area contributed by atoms with Crippen molar-refractivity contribution in [2.45, 2.75) is 57.3 Å². The van der Waals surface area contributed by atoms with Crippen LogP contribution in [0.15, 0.2) is 4.63 Å². The van der Waals surface area contributed by atoms with E-state index in [1.807, 2.05) is 14.0 Å². The van der Waals surface area contributed by atoms with E-state index in [0.29, 0.717) is 18.2 Å². The molecule has 0 amide bonds. The fourth-order valence-electron chi connectivity index (χ4n) is 3.24. The number of nitrogens with zero attached hydrogens (tertiary/aromatic N) is 3. The van der Waals surface area contributed by atoms with Crippen molar-refractivity contribution in [3.8, 4) is 0 Å². The highest BCUT2D eigenvalue weighted by atomic mass is 16.6. The third-order valence-corrected chi connectivity index (χ3v) is 4.25. The molecule has 5 nitrogen and oxygen atoms in total. The van der Waals surface area contributed by atoms with Gasteiger partial charge in [-0.05, 0) is 32.6 Å². The molecule has 3 heterocycles. The maximum Gasteiger partial charge on any atom is 0.122 e. The lowest BCUT2D eigenvalue weighted by molar-refractivity contribution is 0.00170. The fourth-order valence-corrected chi connectivity index (χ4v) is 3.24. The zero-order chi connectivity index (χ0) is 11.8. The second-order valence-electron chi connectivity index (χ2n) is 5.18. The van der Waals surface area contributed by atoms with Gasteiger partial charge in [0.15, 0.2) is 0 Å². The summed E-state index contributed by atoms with van der Waals surface area (Å²) >= 11 is 0. The number of fused-ring (bicyclic) bond motifs is 2. The van der Waals surface area contributed by atoms with Crippen LogP contribution in [0.2, 0.25) is 0 Å². The number of piperidine rings is 1. The lowest BCUT2D eigenvalue weighted by atomic mass is 9.99. The van der Waals surface area contributed by atoms with Gasteiger partial charge in [0.05, 0.1) is 6.10 Å². The van der Waals surface area contributed by atoms with Crippen molar-refractivity contribution in [2.24, 2.45) is 0 Å². The third-order valence-electron chi connectivity index (χ3n) is 4.25. The van der Waals surface area contributed by atoms with E-state index in [2.05, 4.69) is 15.2 Å². The topological polar surface area (TPSA) is 51.4 Å². The number of aromatic nitrogens is 2. The number of ether oxygens (including phenoxy) is 1. The van der Waals surface area contributed by atoms with Crippen LogP contribution in [0.4, 0.5) is 0 Å². The Bertz CT molecular complexity index is 379. The number of rotatable bonds is 3. The van der Waals surface area contributed by atoms with Gasteiger partial charge < -0.3 is 4.74 Å². The molecule has 2 saturated heterocycles. The van der Waals surface area contributed by atoms with Crippen LogP contribution >= 0.6 is 0 Å². The van der Waals surface area contributed by atoms with Crippen molar-refractivity contribution in [3.05, 3.63) is 11.4 Å². The van der Waals surface area contributed by atoms with Gasteiger partial charge in [0.25, 0.3) is 0 Å². The summed E-state index contributed by atoms with van der Waals surface area (Å²) in [5, 5.41) is 7.83. The molecule has 2 aliphatic heterocycles. The van der Waals surface area contributed by atoms with Crippen LogP contribution in [0, 0.1) is 6.92 Å². The van der Waals surface area contributed by atoms with E-state index in [1.165, 1.54) is 12.8 Å². The first-order chi connectivity index (χ1) is 8.28. The molecule has 1 unspecified atom stereocenters. The van der Waals surface area contributed by atoms with Crippen molar-refractivity contribution in [2.75, 3.05) is 7.11 Å². The smallest absolute Gasteiger partial charge is 0.122 e. The monoisotopic (exact) mass is 237 g/mol. The van der Waals surface area contributed by atoms with Crippen LogP contribution in [0.25, 0.3) is 0 Å². The molecular formula is C12H19N3O2. The third kappa shape index (κ3) is 1.98. The normalized spacial score (nSPS) is 33.2. The van der Waals surface area contributed by atoms with Crippen LogP contribution in [-0.2, 0) is 11.3 Å². The molecule has 2 aliphatic rings. The van der Waals surface area contributed by atoms with E-state index in [1.54, 1.807) is 0 Å². The van der Waals surface area contributed by atoms with Gasteiger partial charge >= 0.3 is 0 Å². The molecule has 3 rings (SSSR count). The van der Waals surface area contributed by atoms with E-state index < -0.39 is 0 Å². The Morgan fingerprint density at radius 3 is 2.53 bits per heavy atom. The minimum absolute atomic E-state index is 0.445. The average molecular weight is 237 g/mol. The van der Waals surface area contributed by atoms with E-state index in [9.17, 15) is 0 Å². The molecule has 94 valence electrons. The zero-order valence-corrected chi connectivity index (χ0v) is 10.4. The Kier molecular flexibility index (Phi) is 2.88. The maximum atomic E-state index is 5.51. The summed E-state index contributed by atoms with van der Waals surface area (Å²) in [5.41, 5.74) is 1.90. The molecule has 0 aliphatic carbocycles. The van der Waals surface area contributed by atoms with Gasteiger partial charge in [0.2, 0.25) is 0 Å². The van der Waals surface area contributed by atoms with Gasteiger partial charge in [0.1, 0.15) is 11.4 Å². The summed E-state index contributed by atoms with van der Waals surface area (Å²) in [7, 11) is 1.82. The molecule has 3 atom stereocenters. The zero-order valence-electron chi connectivity index (χ0n) is 10.4. The second-order valence-corrected chi connectivity index (χ2v) is 5.18. The number of hydrogen-bond donors (Lipinski definition) is 0. The highest BCUT2D eigenvalue weighted by Crippen LogP contribution is 2.37. The fraction of sp³-hybridized carbons (Fsp3) is 0.833. The molecule has 1 aromatic heterocycles. The van der Waals surface area contributed by atoms with Crippen LogP contribution in [-0.4, -0.2) is 40.5 Å². The number of methoxy groups -OCH3 is 1. The van der Waals surface area contributed by atoms with Gasteiger partial charge in [-0.25, -0.2) is 4.63 Å². The molecule has 17 heavy (non-hydrogen) atoms. The quantitative estimate of drug-likeness (QED) is 0.797. The Morgan fingerprint density at radius 2 is 2.00 bits per heavy atom. The Labute approximate surface area is 101 Å². The minimum Gasteiger partial charge on any atom is -0.381 e. The van der Waals surface area contributed by atoms with Crippen molar-refractivity contribution in [1.29, 1.82) is 0 Å². The molecule has 0 N–H and O–H groups in total. The van der Waals surface area contributed by atoms with E-state index in [4.69, 9.17) is 9.37 Å². The van der Waals surface area contributed by atoms with Gasteiger partial charge in [-0.15, -0.1) is 0 Å². The highest BCUT2D eigenvalue weighted by Gasteiger charge is 2.41. The molecule has 2 fully saturated rings. The molecular weight excluding hydrogens is 218 g/mol. The van der Waals surface area contributed by atoms with Crippen LogP contribution < -0.4 is 0 Å². The highest BCUT2D eigenvalue weighted by molar-refractivity contribution is 5.07. The van der Waals surface area contributed by atoms with Gasteiger partial charge in [0, 0.05) is 25.7 Å². The lowest BCUT2D eigenvalue weighted by Crippen LogP contribution is -2.44. The van der Waals surface area contributed by atoms with Crippen LogP contribution in [0.5, 0.6) is 0 Å². The average Bonchev–Trinajstić information content (AvgIpc) is 2.82. The molecule has 2 bridgehead atoms. The first-order valence-electron chi connectivity index (χ1n) is 6.34. The molecule has 0 spiro atoms. The van der Waals surface area contributed by atoms with Crippen molar-refractivity contribution < 1.29 is 9.37 Å². The molecule has 0 radical (unpaired) electrons. The predicted molar refractivity (Wildman–Crippen MR) is 61.4 cm³/mol. The lowest BCUT2D eigenvalue weighted by Gasteiger charge is -2.37. The Morgan fingerprint density at radius 1 is 1.29 bits per heavy atom. The SMILES string of the molecule is COC1C[C@H]2CC[C@@H](C1)N2Cc1nonc1C. The van der Waals surface area contributed by atoms with Crippen molar-refractivity contribution in [3.63, 3.8) is 0 Å². The molecule has 1 aromatic rings. The maximum absolute atomic E-state index is 5.51. The summed E-state index contributed by atoms with van der Waals surface area (Å²) in [5.74, 6) is 0. The first kappa shape index (κ1) is 11.2. The predicted octanol–water partition coefficient (Wildman–Crippen LogP) is 1.52. The molecule has 5 heteroatoms.